The number of rotatable bonds is 6. The van der Waals surface area contributed by atoms with E-state index in [1.807, 2.05) is 6.08 Å². The number of nitrogens with one attached hydrogen (secondary N) is 1. The van der Waals surface area contributed by atoms with Crippen LogP contribution in [0.4, 0.5) is 0 Å². The minimum atomic E-state index is -2.88. The van der Waals surface area contributed by atoms with Crippen LogP contribution in [0.1, 0.15) is 39.0 Å². The lowest BCUT2D eigenvalue weighted by atomic mass is 9.82. The summed E-state index contributed by atoms with van der Waals surface area (Å²) >= 11 is 0. The van der Waals surface area contributed by atoms with E-state index in [4.69, 9.17) is 0 Å². The molecule has 3 atom stereocenters. The van der Waals surface area contributed by atoms with Crippen LogP contribution in [-0.2, 0) is 9.84 Å². The molecule has 1 rings (SSSR count). The van der Waals surface area contributed by atoms with Crippen molar-refractivity contribution in [3.63, 3.8) is 0 Å². The molecule has 17 heavy (non-hydrogen) atoms. The molecule has 1 saturated carbocycles. The van der Waals surface area contributed by atoms with Gasteiger partial charge in [-0.1, -0.05) is 19.4 Å². The fraction of sp³-hybridized carbons (Fsp3) is 0.846. The van der Waals surface area contributed by atoms with E-state index in [9.17, 15) is 8.42 Å². The Morgan fingerprint density at radius 3 is 2.71 bits per heavy atom. The second-order valence-corrected chi connectivity index (χ2v) is 7.39. The number of sulfone groups is 1. The third kappa shape index (κ3) is 4.43. The van der Waals surface area contributed by atoms with Gasteiger partial charge in [0.05, 0.1) is 5.25 Å². The van der Waals surface area contributed by atoms with E-state index in [1.165, 1.54) is 6.26 Å². The minimum Gasteiger partial charge on any atom is -0.314 e. The SMILES string of the molecule is C=CCC(NCC)C1CCCC(S(C)(=O)=O)C1. The van der Waals surface area contributed by atoms with Crippen molar-refractivity contribution in [2.45, 2.75) is 50.3 Å². The summed E-state index contributed by atoms with van der Waals surface area (Å²) < 4.78 is 23.3. The van der Waals surface area contributed by atoms with E-state index in [1.54, 1.807) is 0 Å². The summed E-state index contributed by atoms with van der Waals surface area (Å²) in [6, 6.07) is 0.391. The monoisotopic (exact) mass is 259 g/mol. The first-order valence-electron chi connectivity index (χ1n) is 6.52. The fourth-order valence-electron chi connectivity index (χ4n) is 2.82. The van der Waals surface area contributed by atoms with Gasteiger partial charge in [0.15, 0.2) is 0 Å². The number of hydrogen-bond acceptors (Lipinski definition) is 3. The van der Waals surface area contributed by atoms with Crippen LogP contribution < -0.4 is 5.32 Å². The van der Waals surface area contributed by atoms with Crippen molar-refractivity contribution in [1.29, 1.82) is 0 Å². The molecule has 1 aliphatic rings. The van der Waals surface area contributed by atoms with Crippen molar-refractivity contribution in [2.24, 2.45) is 5.92 Å². The smallest absolute Gasteiger partial charge is 0.150 e. The van der Waals surface area contributed by atoms with Crippen LogP contribution in [-0.4, -0.2) is 32.5 Å². The highest BCUT2D eigenvalue weighted by Gasteiger charge is 2.32. The fourth-order valence-corrected chi connectivity index (χ4v) is 4.01. The van der Waals surface area contributed by atoms with Crippen molar-refractivity contribution < 1.29 is 8.42 Å². The van der Waals surface area contributed by atoms with Gasteiger partial charge < -0.3 is 5.32 Å². The molecule has 0 aromatic rings. The Balaban J connectivity index is 2.66. The zero-order valence-electron chi connectivity index (χ0n) is 11.0. The Morgan fingerprint density at radius 1 is 1.47 bits per heavy atom. The molecule has 0 heterocycles. The van der Waals surface area contributed by atoms with Crippen LogP contribution >= 0.6 is 0 Å². The molecule has 0 amide bonds. The average Bonchev–Trinajstić information content (AvgIpc) is 2.28. The van der Waals surface area contributed by atoms with Crippen molar-refractivity contribution in [2.75, 3.05) is 12.8 Å². The lowest BCUT2D eigenvalue weighted by Gasteiger charge is -2.34. The highest BCUT2D eigenvalue weighted by molar-refractivity contribution is 7.91. The second kappa shape index (κ2) is 6.55. The summed E-state index contributed by atoms with van der Waals surface area (Å²) in [6.07, 6.45) is 8.04. The molecule has 0 saturated heterocycles. The Morgan fingerprint density at radius 2 is 2.18 bits per heavy atom. The molecule has 0 aromatic heterocycles. The first-order valence-corrected chi connectivity index (χ1v) is 8.47. The molecular formula is C13H25NO2S. The summed E-state index contributed by atoms with van der Waals surface area (Å²) in [6.45, 7) is 6.81. The van der Waals surface area contributed by atoms with Crippen molar-refractivity contribution in [3.05, 3.63) is 12.7 Å². The number of hydrogen-bond donors (Lipinski definition) is 1. The van der Waals surface area contributed by atoms with E-state index in [0.29, 0.717) is 12.0 Å². The maximum Gasteiger partial charge on any atom is 0.150 e. The van der Waals surface area contributed by atoms with Gasteiger partial charge in [-0.3, -0.25) is 0 Å². The van der Waals surface area contributed by atoms with E-state index >= 15 is 0 Å². The molecule has 4 heteroatoms. The zero-order valence-corrected chi connectivity index (χ0v) is 11.8. The molecule has 100 valence electrons. The van der Waals surface area contributed by atoms with Crippen LogP contribution in [0.15, 0.2) is 12.7 Å². The first-order chi connectivity index (χ1) is 7.99. The standard InChI is InChI=1S/C13H25NO2S/c1-4-7-13(14-5-2)11-8-6-9-12(10-11)17(3,15)16/h4,11-14H,1,5-10H2,2-3H3. The minimum absolute atomic E-state index is 0.132. The topological polar surface area (TPSA) is 46.2 Å². The predicted octanol–water partition coefficient (Wildman–Crippen LogP) is 2.14. The Hall–Kier alpha value is -0.350. The maximum atomic E-state index is 11.6. The van der Waals surface area contributed by atoms with Gasteiger partial charge in [0, 0.05) is 12.3 Å². The molecule has 0 spiro atoms. The third-order valence-corrected chi connectivity index (χ3v) is 5.37. The molecule has 0 bridgehead atoms. The lowest BCUT2D eigenvalue weighted by molar-refractivity contribution is 0.273. The van der Waals surface area contributed by atoms with Gasteiger partial charge in [-0.2, -0.15) is 0 Å². The molecule has 0 aromatic carbocycles. The van der Waals surface area contributed by atoms with E-state index < -0.39 is 9.84 Å². The molecule has 0 aliphatic heterocycles. The highest BCUT2D eigenvalue weighted by Crippen LogP contribution is 2.31. The van der Waals surface area contributed by atoms with Crippen LogP contribution in [0.3, 0.4) is 0 Å². The predicted molar refractivity (Wildman–Crippen MR) is 72.9 cm³/mol. The van der Waals surface area contributed by atoms with Gasteiger partial charge >= 0.3 is 0 Å². The van der Waals surface area contributed by atoms with E-state index in [0.717, 1.165) is 38.6 Å². The Bertz CT molecular complexity index is 337. The van der Waals surface area contributed by atoms with Crippen LogP contribution in [0.5, 0.6) is 0 Å². The van der Waals surface area contributed by atoms with Gasteiger partial charge in [0.1, 0.15) is 9.84 Å². The summed E-state index contributed by atoms with van der Waals surface area (Å²) in [5.74, 6) is 0.474. The van der Waals surface area contributed by atoms with Gasteiger partial charge in [-0.25, -0.2) is 8.42 Å². The molecule has 3 unspecified atom stereocenters. The van der Waals surface area contributed by atoms with Gasteiger partial charge in [-0.05, 0) is 38.1 Å². The van der Waals surface area contributed by atoms with Crippen molar-refractivity contribution in [1.82, 2.24) is 5.32 Å². The molecule has 3 nitrogen and oxygen atoms in total. The van der Waals surface area contributed by atoms with E-state index in [2.05, 4.69) is 18.8 Å². The van der Waals surface area contributed by atoms with E-state index in [-0.39, 0.29) is 5.25 Å². The van der Waals surface area contributed by atoms with Gasteiger partial charge in [0.2, 0.25) is 0 Å². The first kappa shape index (κ1) is 14.7. The normalized spacial score (nSPS) is 27.6. The Labute approximate surface area is 106 Å². The highest BCUT2D eigenvalue weighted by atomic mass is 32.2. The second-order valence-electron chi connectivity index (χ2n) is 5.07. The van der Waals surface area contributed by atoms with Crippen LogP contribution in [0, 0.1) is 5.92 Å². The van der Waals surface area contributed by atoms with Crippen LogP contribution in [0.25, 0.3) is 0 Å². The summed E-state index contributed by atoms with van der Waals surface area (Å²) in [4.78, 5) is 0. The van der Waals surface area contributed by atoms with Gasteiger partial charge in [-0.15, -0.1) is 6.58 Å². The quantitative estimate of drug-likeness (QED) is 0.743. The van der Waals surface area contributed by atoms with Crippen LogP contribution in [0.2, 0.25) is 0 Å². The molecule has 1 fully saturated rings. The Kier molecular flexibility index (Phi) is 5.67. The largest absolute Gasteiger partial charge is 0.314 e. The van der Waals surface area contributed by atoms with Crippen molar-refractivity contribution in [3.8, 4) is 0 Å². The molecule has 1 N–H and O–H groups in total. The zero-order chi connectivity index (χ0) is 12.9. The van der Waals surface area contributed by atoms with Crippen molar-refractivity contribution >= 4 is 9.84 Å². The molecular weight excluding hydrogens is 234 g/mol. The third-order valence-electron chi connectivity index (χ3n) is 3.73. The maximum absolute atomic E-state index is 11.6. The average molecular weight is 259 g/mol. The summed E-state index contributed by atoms with van der Waals surface area (Å²) in [7, 11) is -2.88. The lowest BCUT2D eigenvalue weighted by Crippen LogP contribution is -2.40. The molecule has 0 radical (unpaired) electrons. The summed E-state index contributed by atoms with van der Waals surface area (Å²) in [5.41, 5.74) is 0. The summed E-state index contributed by atoms with van der Waals surface area (Å²) in [5, 5.41) is 3.33. The molecule has 1 aliphatic carbocycles. The van der Waals surface area contributed by atoms with Gasteiger partial charge in [0.25, 0.3) is 0 Å².